The first kappa shape index (κ1) is 24.0. The molecular formula is C36H28O3P2. The van der Waals surface area contributed by atoms with Gasteiger partial charge in [-0.2, -0.15) is 0 Å². The molecule has 2 unspecified atom stereocenters. The summed E-state index contributed by atoms with van der Waals surface area (Å²) in [6.07, 6.45) is 4.36. The Hall–Kier alpha value is -3.64. The van der Waals surface area contributed by atoms with Gasteiger partial charge >= 0.3 is 0 Å². The monoisotopic (exact) mass is 570 g/mol. The van der Waals surface area contributed by atoms with Gasteiger partial charge in [0.1, 0.15) is 30.5 Å². The van der Waals surface area contributed by atoms with Gasteiger partial charge in [0.2, 0.25) is 0 Å². The van der Waals surface area contributed by atoms with Crippen LogP contribution in [0.4, 0.5) is 0 Å². The molecule has 5 aromatic carbocycles. The Bertz CT molecular complexity index is 2040. The van der Waals surface area contributed by atoms with Gasteiger partial charge in [-0.25, -0.2) is 0 Å². The van der Waals surface area contributed by atoms with E-state index in [9.17, 15) is 0 Å². The van der Waals surface area contributed by atoms with E-state index in [1.807, 2.05) is 0 Å². The van der Waals surface area contributed by atoms with Crippen molar-refractivity contribution in [2.24, 2.45) is 0 Å². The van der Waals surface area contributed by atoms with E-state index in [0.717, 1.165) is 39.3 Å². The Kier molecular flexibility index (Phi) is 4.69. The maximum atomic E-state index is 6.72. The highest BCUT2D eigenvalue weighted by Gasteiger charge is 2.43. The zero-order valence-corrected chi connectivity index (χ0v) is 25.2. The number of fused-ring (bicyclic) bond motifs is 14. The molecule has 3 aliphatic heterocycles. The summed E-state index contributed by atoms with van der Waals surface area (Å²) in [7, 11) is 5.65. The minimum Gasteiger partial charge on any atom is -0.488 e. The van der Waals surface area contributed by atoms with E-state index in [-0.39, 0.29) is 5.41 Å². The Balaban J connectivity index is 1.42. The van der Waals surface area contributed by atoms with Crippen molar-refractivity contribution in [1.29, 1.82) is 0 Å². The van der Waals surface area contributed by atoms with Crippen molar-refractivity contribution < 1.29 is 14.2 Å². The van der Waals surface area contributed by atoms with Crippen molar-refractivity contribution >= 4 is 35.3 Å². The van der Waals surface area contributed by atoms with Crippen LogP contribution >= 0.6 is 18.5 Å². The summed E-state index contributed by atoms with van der Waals surface area (Å²) in [4.78, 5) is 0. The molecular weight excluding hydrogens is 542 g/mol. The highest BCUT2D eigenvalue weighted by molar-refractivity contribution is 7.40. The lowest BCUT2D eigenvalue weighted by Gasteiger charge is -2.33. The summed E-state index contributed by atoms with van der Waals surface area (Å²) < 4.78 is 19.4. The van der Waals surface area contributed by atoms with E-state index in [4.69, 9.17) is 14.2 Å². The summed E-state index contributed by atoms with van der Waals surface area (Å²) in [5.41, 5.74) is 13.3. The third kappa shape index (κ3) is 3.23. The van der Waals surface area contributed by atoms with Crippen LogP contribution in [0.15, 0.2) is 78.9 Å². The van der Waals surface area contributed by atoms with E-state index >= 15 is 0 Å². The Morgan fingerprint density at radius 3 is 2.02 bits per heavy atom. The van der Waals surface area contributed by atoms with Crippen molar-refractivity contribution in [2.45, 2.75) is 37.6 Å². The van der Waals surface area contributed by atoms with Crippen molar-refractivity contribution in [3.05, 3.63) is 107 Å². The first-order valence-corrected chi connectivity index (χ1v) is 15.2. The summed E-state index contributed by atoms with van der Waals surface area (Å²) in [6.45, 7) is 5.84. The minimum atomic E-state index is -0.566. The van der Waals surface area contributed by atoms with E-state index < -0.39 is 5.08 Å². The molecule has 3 nitrogen and oxygen atoms in total. The van der Waals surface area contributed by atoms with Crippen molar-refractivity contribution in [3.63, 3.8) is 0 Å². The van der Waals surface area contributed by atoms with Gasteiger partial charge in [0.15, 0.2) is 5.08 Å². The lowest BCUT2D eigenvalue weighted by atomic mass is 9.78. The van der Waals surface area contributed by atoms with Gasteiger partial charge in [0.25, 0.3) is 0 Å². The molecule has 200 valence electrons. The molecule has 0 saturated carbocycles. The molecule has 0 amide bonds. The molecule has 0 saturated heterocycles. The van der Waals surface area contributed by atoms with Crippen LogP contribution in [-0.4, -0.2) is 5.08 Å². The predicted octanol–water partition coefficient (Wildman–Crippen LogP) is 9.07. The lowest BCUT2D eigenvalue weighted by molar-refractivity contribution is 0.298. The molecule has 4 aliphatic rings. The summed E-state index contributed by atoms with van der Waals surface area (Å²) >= 11 is 0. The van der Waals surface area contributed by atoms with E-state index in [1.54, 1.807) is 0 Å². The van der Waals surface area contributed by atoms with E-state index in [0.29, 0.717) is 13.2 Å². The van der Waals surface area contributed by atoms with Crippen molar-refractivity contribution in [1.82, 2.24) is 0 Å². The number of benzene rings is 5. The van der Waals surface area contributed by atoms with E-state index in [2.05, 4.69) is 117 Å². The molecule has 5 aromatic rings. The summed E-state index contributed by atoms with van der Waals surface area (Å²) in [6, 6.07) is 26.4. The van der Waals surface area contributed by atoms with Crippen LogP contribution in [0, 0.1) is 0 Å². The molecule has 0 fully saturated rings. The highest BCUT2D eigenvalue weighted by Crippen LogP contribution is 2.60. The van der Waals surface area contributed by atoms with Gasteiger partial charge in [-0.15, -0.1) is 0 Å². The number of hydrogen-bond donors (Lipinski definition) is 0. The van der Waals surface area contributed by atoms with Gasteiger partial charge in [-0.05, 0) is 80.2 Å². The topological polar surface area (TPSA) is 27.7 Å². The zero-order valence-electron chi connectivity index (χ0n) is 22.9. The average Bonchev–Trinajstić information content (AvgIpc) is 3.21. The Labute approximate surface area is 243 Å². The third-order valence-electron chi connectivity index (χ3n) is 9.26. The fourth-order valence-corrected chi connectivity index (χ4v) is 7.78. The summed E-state index contributed by atoms with van der Waals surface area (Å²) in [5.74, 6) is 2.77. The molecule has 41 heavy (non-hydrogen) atoms. The number of ether oxygens (including phenoxy) is 3. The first-order valence-electron chi connectivity index (χ1n) is 14.1. The van der Waals surface area contributed by atoms with Crippen molar-refractivity contribution in [2.75, 3.05) is 0 Å². The average molecular weight is 571 g/mol. The first-order chi connectivity index (χ1) is 19.8. The Morgan fingerprint density at radius 2 is 1.32 bits per heavy atom. The van der Waals surface area contributed by atoms with Crippen LogP contribution in [0.25, 0.3) is 50.2 Å². The van der Waals surface area contributed by atoms with Gasteiger partial charge in [0.05, 0.1) is 0 Å². The highest BCUT2D eigenvalue weighted by atomic mass is 31.1. The van der Waals surface area contributed by atoms with Gasteiger partial charge in [-0.3, -0.25) is 0 Å². The second-order valence-electron chi connectivity index (χ2n) is 12.1. The fraction of sp³-hybridized carbons (Fsp3) is 0.167. The van der Waals surface area contributed by atoms with Gasteiger partial charge < -0.3 is 14.2 Å². The van der Waals surface area contributed by atoms with Crippen LogP contribution in [0.1, 0.15) is 41.7 Å². The van der Waals surface area contributed by atoms with Gasteiger partial charge in [-0.1, -0.05) is 86.9 Å². The fourth-order valence-electron chi connectivity index (χ4n) is 7.35. The molecule has 0 aromatic heterocycles. The molecule has 0 radical (unpaired) electrons. The van der Waals surface area contributed by atoms with Gasteiger partial charge in [0, 0.05) is 27.5 Å². The normalized spacial score (nSPS) is 17.5. The lowest BCUT2D eigenvalue weighted by Crippen LogP contribution is -2.23. The Morgan fingerprint density at radius 1 is 0.683 bits per heavy atom. The van der Waals surface area contributed by atoms with Crippen molar-refractivity contribution in [3.8, 4) is 50.6 Å². The van der Waals surface area contributed by atoms with Crippen LogP contribution < -0.4 is 14.2 Å². The van der Waals surface area contributed by atoms with E-state index in [1.165, 1.54) is 49.9 Å². The van der Waals surface area contributed by atoms with Crippen LogP contribution in [-0.2, 0) is 18.6 Å². The number of rotatable bonds is 0. The third-order valence-corrected chi connectivity index (χ3v) is 9.88. The maximum absolute atomic E-state index is 6.72. The molecule has 0 bridgehead atoms. The molecule has 0 N–H and O–H groups in total. The second kappa shape index (κ2) is 8.01. The molecule has 2 atom stereocenters. The number of hydrogen-bond acceptors (Lipinski definition) is 3. The quantitative estimate of drug-likeness (QED) is 0.174. The minimum absolute atomic E-state index is 0.252. The summed E-state index contributed by atoms with van der Waals surface area (Å²) in [5, 5.41) is 1.70. The molecule has 1 aliphatic carbocycles. The molecule has 3 heterocycles. The largest absolute Gasteiger partial charge is 0.488 e. The smallest absolute Gasteiger partial charge is 0.151 e. The van der Waals surface area contributed by atoms with Crippen LogP contribution in [0.3, 0.4) is 0 Å². The second-order valence-corrected chi connectivity index (χ2v) is 14.6. The van der Waals surface area contributed by atoms with Crippen LogP contribution in [0.5, 0.6) is 17.2 Å². The predicted molar refractivity (Wildman–Crippen MR) is 173 cm³/mol. The molecule has 9 rings (SSSR count). The zero-order chi connectivity index (χ0) is 27.7. The molecule has 5 heteroatoms. The SMILES string of the molecule is CC1(C)c2cc3c(cc2-c2c1c1c(c4cc5c(cc24)-c2ccccc2CO5)OC(P)(P)C=C1)-c1ccccc1CO3. The maximum Gasteiger partial charge on any atom is 0.151 e. The van der Waals surface area contributed by atoms with Crippen LogP contribution in [0.2, 0.25) is 0 Å². The molecule has 0 spiro atoms. The standard InChI is InChI=1S/C36H28O3P2/c1-35(2)29-16-31-25(22-10-6-4-8-20(22)18-38-31)14-28(29)32-26-13-24-21-9-5-3-7-19(21)17-37-30(24)15-27(26)34-23(33(32)35)11-12-36(40,41)39-34/h3-16H,17-18,40-41H2,1-2H3.